The number of hydrogen-bond acceptors (Lipinski definition) is 3. The van der Waals surface area contributed by atoms with Gasteiger partial charge >= 0.3 is 5.97 Å². The molecule has 0 radical (unpaired) electrons. The number of amides is 1. The first kappa shape index (κ1) is 15.5. The lowest BCUT2D eigenvalue weighted by Gasteiger charge is -2.36. The molecule has 0 atom stereocenters. The first-order chi connectivity index (χ1) is 10.0. The molecule has 0 aromatic heterocycles. The fourth-order valence-electron chi connectivity index (χ4n) is 2.72. The molecular formula is C16H21NO4. The number of hydrogen-bond donors (Lipinski definition) is 2. The summed E-state index contributed by atoms with van der Waals surface area (Å²) in [6, 6.07) is 7.71. The predicted molar refractivity (Wildman–Crippen MR) is 78.1 cm³/mol. The minimum Gasteiger partial charge on any atom is -0.481 e. The summed E-state index contributed by atoms with van der Waals surface area (Å²) in [5, 5.41) is 12.0. The van der Waals surface area contributed by atoms with E-state index < -0.39 is 11.5 Å². The van der Waals surface area contributed by atoms with Crippen LogP contribution in [0.2, 0.25) is 0 Å². The van der Waals surface area contributed by atoms with Crippen LogP contribution in [0.1, 0.15) is 30.4 Å². The predicted octanol–water partition coefficient (Wildman–Crippen LogP) is 1.68. The van der Waals surface area contributed by atoms with Crippen molar-refractivity contribution in [1.29, 1.82) is 0 Å². The van der Waals surface area contributed by atoms with Gasteiger partial charge < -0.3 is 15.2 Å². The molecule has 0 bridgehead atoms. The van der Waals surface area contributed by atoms with Gasteiger partial charge in [-0.25, -0.2) is 0 Å². The van der Waals surface area contributed by atoms with Crippen LogP contribution in [-0.2, 0) is 20.7 Å². The molecule has 5 heteroatoms. The highest BCUT2D eigenvalue weighted by atomic mass is 16.5. The summed E-state index contributed by atoms with van der Waals surface area (Å²) in [7, 11) is 0. The Labute approximate surface area is 124 Å². The van der Waals surface area contributed by atoms with E-state index in [9.17, 15) is 9.59 Å². The molecular weight excluding hydrogens is 270 g/mol. The van der Waals surface area contributed by atoms with Crippen molar-refractivity contribution in [1.82, 2.24) is 5.32 Å². The smallest absolute Gasteiger partial charge is 0.305 e. The Hall–Kier alpha value is -1.88. The van der Waals surface area contributed by atoms with Crippen LogP contribution in [0.25, 0.3) is 0 Å². The normalized spacial score (nSPS) is 17.2. The molecule has 1 aliphatic rings. The second kappa shape index (κ2) is 6.72. The molecule has 1 aliphatic heterocycles. The van der Waals surface area contributed by atoms with Gasteiger partial charge in [0.05, 0.1) is 18.4 Å². The van der Waals surface area contributed by atoms with Crippen molar-refractivity contribution in [2.24, 2.45) is 0 Å². The molecule has 0 saturated carbocycles. The second-order valence-corrected chi connectivity index (χ2v) is 5.61. The van der Waals surface area contributed by atoms with Gasteiger partial charge in [-0.1, -0.05) is 24.3 Å². The van der Waals surface area contributed by atoms with E-state index in [0.717, 1.165) is 11.1 Å². The molecule has 0 aliphatic carbocycles. The van der Waals surface area contributed by atoms with E-state index in [0.29, 0.717) is 26.1 Å². The van der Waals surface area contributed by atoms with Gasteiger partial charge in [-0.3, -0.25) is 9.59 Å². The van der Waals surface area contributed by atoms with Crippen LogP contribution < -0.4 is 5.32 Å². The van der Waals surface area contributed by atoms with Crippen molar-refractivity contribution < 1.29 is 19.4 Å². The summed E-state index contributed by atoms with van der Waals surface area (Å²) in [6.45, 7) is 2.93. The summed E-state index contributed by atoms with van der Waals surface area (Å²) in [4.78, 5) is 23.3. The van der Waals surface area contributed by atoms with Crippen molar-refractivity contribution >= 4 is 11.9 Å². The zero-order valence-corrected chi connectivity index (χ0v) is 12.2. The topological polar surface area (TPSA) is 75.6 Å². The summed E-state index contributed by atoms with van der Waals surface area (Å²) >= 11 is 0. The lowest BCUT2D eigenvalue weighted by molar-refractivity contribution is -0.140. The fraction of sp³-hybridized carbons (Fsp3) is 0.500. The third-order valence-corrected chi connectivity index (χ3v) is 3.96. The molecule has 1 heterocycles. The van der Waals surface area contributed by atoms with Crippen LogP contribution in [0.4, 0.5) is 0 Å². The van der Waals surface area contributed by atoms with Crippen molar-refractivity contribution in [2.75, 3.05) is 13.2 Å². The molecule has 114 valence electrons. The highest BCUT2D eigenvalue weighted by Crippen LogP contribution is 2.25. The molecule has 1 aromatic rings. The van der Waals surface area contributed by atoms with Crippen LogP contribution in [0, 0.1) is 6.92 Å². The largest absolute Gasteiger partial charge is 0.481 e. The molecule has 1 fully saturated rings. The van der Waals surface area contributed by atoms with Gasteiger partial charge in [0.1, 0.15) is 0 Å². The maximum absolute atomic E-state index is 12.3. The highest BCUT2D eigenvalue weighted by molar-refractivity contribution is 5.80. The van der Waals surface area contributed by atoms with Crippen molar-refractivity contribution in [3.63, 3.8) is 0 Å². The number of nitrogens with one attached hydrogen (secondary N) is 1. The van der Waals surface area contributed by atoms with Gasteiger partial charge in [0.15, 0.2) is 0 Å². The van der Waals surface area contributed by atoms with E-state index in [1.54, 1.807) is 0 Å². The van der Waals surface area contributed by atoms with E-state index in [1.165, 1.54) is 0 Å². The summed E-state index contributed by atoms with van der Waals surface area (Å²) in [5.74, 6) is -1.03. The maximum Gasteiger partial charge on any atom is 0.305 e. The van der Waals surface area contributed by atoms with Crippen molar-refractivity contribution in [2.45, 2.75) is 38.1 Å². The lowest BCUT2D eigenvalue weighted by Crippen LogP contribution is -2.53. The Bertz CT molecular complexity index is 521. The third-order valence-electron chi connectivity index (χ3n) is 3.96. The van der Waals surface area contributed by atoms with Crippen molar-refractivity contribution in [3.05, 3.63) is 35.4 Å². The minimum atomic E-state index is -0.895. The number of carbonyl (C=O) groups is 2. The summed E-state index contributed by atoms with van der Waals surface area (Å²) < 4.78 is 5.28. The van der Waals surface area contributed by atoms with E-state index in [-0.39, 0.29) is 18.7 Å². The fourth-order valence-corrected chi connectivity index (χ4v) is 2.72. The monoisotopic (exact) mass is 291 g/mol. The van der Waals surface area contributed by atoms with Gasteiger partial charge in [0.25, 0.3) is 0 Å². The number of aliphatic carboxylic acids is 1. The van der Waals surface area contributed by atoms with Gasteiger partial charge in [0, 0.05) is 13.2 Å². The average molecular weight is 291 g/mol. The van der Waals surface area contributed by atoms with Crippen LogP contribution in [0.15, 0.2) is 24.3 Å². The van der Waals surface area contributed by atoms with Gasteiger partial charge in [0.2, 0.25) is 5.91 Å². The SMILES string of the molecule is Cc1ccccc1CC(=O)NC1(CC(=O)O)CCOCC1. The van der Waals surface area contributed by atoms with E-state index in [4.69, 9.17) is 9.84 Å². The standard InChI is InChI=1S/C16H21NO4/c1-12-4-2-3-5-13(12)10-14(18)17-16(11-15(19)20)6-8-21-9-7-16/h2-5H,6-11H2,1H3,(H,17,18)(H,19,20). The van der Waals surface area contributed by atoms with E-state index >= 15 is 0 Å². The molecule has 5 nitrogen and oxygen atoms in total. The zero-order chi connectivity index (χ0) is 15.3. The van der Waals surface area contributed by atoms with Crippen LogP contribution in [0.3, 0.4) is 0 Å². The van der Waals surface area contributed by atoms with Gasteiger partial charge in [-0.05, 0) is 30.9 Å². The van der Waals surface area contributed by atoms with Crippen LogP contribution in [0.5, 0.6) is 0 Å². The Morgan fingerprint density at radius 1 is 1.29 bits per heavy atom. The van der Waals surface area contributed by atoms with Gasteiger partial charge in [-0.2, -0.15) is 0 Å². The summed E-state index contributed by atoms with van der Waals surface area (Å²) in [5.41, 5.74) is 1.35. The second-order valence-electron chi connectivity index (χ2n) is 5.61. The van der Waals surface area contributed by atoms with Crippen LogP contribution >= 0.6 is 0 Å². The number of aryl methyl sites for hydroxylation is 1. The first-order valence-corrected chi connectivity index (χ1v) is 7.16. The molecule has 0 unspecified atom stereocenters. The molecule has 2 N–H and O–H groups in total. The third kappa shape index (κ3) is 4.29. The number of ether oxygens (including phenoxy) is 1. The Morgan fingerprint density at radius 3 is 2.57 bits per heavy atom. The molecule has 1 amide bonds. The molecule has 1 aromatic carbocycles. The minimum absolute atomic E-state index is 0.0597. The first-order valence-electron chi connectivity index (χ1n) is 7.16. The Morgan fingerprint density at radius 2 is 1.95 bits per heavy atom. The van der Waals surface area contributed by atoms with Crippen molar-refractivity contribution in [3.8, 4) is 0 Å². The molecule has 21 heavy (non-hydrogen) atoms. The van der Waals surface area contributed by atoms with E-state index in [2.05, 4.69) is 5.32 Å². The number of carboxylic acid groups (broad SMARTS) is 1. The molecule has 2 rings (SSSR count). The maximum atomic E-state index is 12.3. The molecule has 1 saturated heterocycles. The van der Waals surface area contributed by atoms with Crippen LogP contribution in [-0.4, -0.2) is 35.7 Å². The van der Waals surface area contributed by atoms with E-state index in [1.807, 2.05) is 31.2 Å². The number of carboxylic acids is 1. The number of carbonyl (C=O) groups excluding carboxylic acids is 1. The van der Waals surface area contributed by atoms with Gasteiger partial charge in [-0.15, -0.1) is 0 Å². The average Bonchev–Trinajstić information content (AvgIpc) is 2.41. The zero-order valence-electron chi connectivity index (χ0n) is 12.2. The Balaban J connectivity index is 2.04. The quantitative estimate of drug-likeness (QED) is 0.865. The number of benzene rings is 1. The molecule has 0 spiro atoms. The highest BCUT2D eigenvalue weighted by Gasteiger charge is 2.36. The summed E-state index contributed by atoms with van der Waals surface area (Å²) in [6.07, 6.45) is 1.29. The lowest BCUT2D eigenvalue weighted by atomic mass is 9.86. The Kier molecular flexibility index (Phi) is 4.96. The number of rotatable bonds is 5.